The summed E-state index contributed by atoms with van der Waals surface area (Å²) < 4.78 is 0. The van der Waals surface area contributed by atoms with Crippen molar-refractivity contribution in [2.75, 3.05) is 0 Å². The first kappa shape index (κ1) is 17.4. The first-order valence-corrected chi connectivity index (χ1v) is 3.63. The van der Waals surface area contributed by atoms with Gasteiger partial charge in [-0.2, -0.15) is 12.8 Å². The molecule has 0 amide bonds. The third kappa shape index (κ3) is 38.1. The van der Waals surface area contributed by atoms with Gasteiger partial charge in [0, 0.05) is 25.8 Å². The number of unbranched alkanes of at least 4 members (excludes halogenated alkanes) is 2. The zero-order valence-corrected chi connectivity index (χ0v) is 10.9. The Morgan fingerprint density at radius 2 is 1.18 bits per heavy atom. The van der Waals surface area contributed by atoms with Gasteiger partial charge in [0.1, 0.15) is 0 Å². The van der Waals surface area contributed by atoms with Gasteiger partial charge in [-0.3, -0.25) is 0 Å². The second-order valence-corrected chi connectivity index (χ2v) is 1.86. The number of rotatable bonds is 4. The summed E-state index contributed by atoms with van der Waals surface area (Å²) in [6.07, 6.45) is 7.77. The van der Waals surface area contributed by atoms with Crippen molar-refractivity contribution in [3.05, 3.63) is 39.2 Å². The van der Waals surface area contributed by atoms with Crippen LogP contribution in [0.2, 0.25) is 0 Å². The Kier molecular flexibility index (Phi) is 35.6. The summed E-state index contributed by atoms with van der Waals surface area (Å²) in [7, 11) is 0. The molecule has 0 rings (SSSR count). The maximum absolute atomic E-state index is 3.60. The Labute approximate surface area is 90.6 Å². The zero-order valence-electron chi connectivity index (χ0n) is 7.31. The molecule has 0 fully saturated rings. The molecular weight excluding hydrogens is 299 g/mol. The minimum absolute atomic E-state index is 0. The molecule has 0 bridgehead atoms. The van der Waals surface area contributed by atoms with Crippen LogP contribution in [-0.4, -0.2) is 0 Å². The topological polar surface area (TPSA) is 0 Å². The van der Waals surface area contributed by atoms with Crippen LogP contribution < -0.4 is 0 Å². The van der Waals surface area contributed by atoms with Gasteiger partial charge >= 0.3 is 0 Å². The Morgan fingerprint density at radius 1 is 0.909 bits per heavy atom. The predicted octanol–water partition coefficient (Wildman–Crippen LogP) is 3.57. The van der Waals surface area contributed by atoms with E-state index in [-0.39, 0.29) is 25.8 Å². The molecule has 64 valence electrons. The van der Waals surface area contributed by atoms with Crippen molar-refractivity contribution in [3.8, 4) is 0 Å². The quantitative estimate of drug-likeness (QED) is 0.422. The zero-order chi connectivity index (χ0) is 8.24. The van der Waals surface area contributed by atoms with Crippen molar-refractivity contribution in [2.24, 2.45) is 0 Å². The molecule has 0 saturated heterocycles. The first-order valence-electron chi connectivity index (χ1n) is 3.63. The average Bonchev–Trinajstić information content (AvgIpc) is 1.93. The SMILES string of the molecule is C=CCC[CH2-].C=CCC[CH2-].[Hf]. The van der Waals surface area contributed by atoms with E-state index in [1.807, 2.05) is 12.2 Å². The fourth-order valence-corrected chi connectivity index (χ4v) is 0.289. The molecule has 0 aromatic rings. The minimum Gasteiger partial charge on any atom is -0.343 e. The normalized spacial score (nSPS) is 6.73. The van der Waals surface area contributed by atoms with E-state index in [2.05, 4.69) is 27.0 Å². The number of allylic oxidation sites excluding steroid dienone is 2. The van der Waals surface area contributed by atoms with E-state index in [9.17, 15) is 0 Å². The Bertz CT molecular complexity index is 57.3. The molecule has 11 heavy (non-hydrogen) atoms. The van der Waals surface area contributed by atoms with Gasteiger partial charge in [-0.1, -0.05) is 25.0 Å². The maximum atomic E-state index is 3.60. The summed E-state index contributed by atoms with van der Waals surface area (Å²) in [6, 6.07) is 0. The van der Waals surface area contributed by atoms with Gasteiger partial charge in [-0.25, -0.2) is 0 Å². The largest absolute Gasteiger partial charge is 0.343 e. The van der Waals surface area contributed by atoms with E-state index >= 15 is 0 Å². The van der Waals surface area contributed by atoms with Crippen molar-refractivity contribution >= 4 is 0 Å². The summed E-state index contributed by atoms with van der Waals surface area (Å²) >= 11 is 0. The van der Waals surface area contributed by atoms with Crippen LogP contribution in [0.4, 0.5) is 0 Å². The molecular formula is C10H18Hf-2. The Balaban J connectivity index is -0.000000107. The molecule has 0 heterocycles. The molecule has 0 aromatic carbocycles. The maximum Gasteiger partial charge on any atom is 0 e. The van der Waals surface area contributed by atoms with E-state index in [1.54, 1.807) is 0 Å². The second-order valence-electron chi connectivity index (χ2n) is 1.86. The number of hydrogen-bond acceptors (Lipinski definition) is 0. The van der Waals surface area contributed by atoms with Crippen LogP contribution in [-0.2, 0) is 25.8 Å². The summed E-state index contributed by atoms with van der Waals surface area (Å²) in [5.74, 6) is 0. The van der Waals surface area contributed by atoms with Gasteiger partial charge in [0.2, 0.25) is 0 Å². The van der Waals surface area contributed by atoms with Gasteiger partial charge in [-0.05, 0) is 0 Å². The third-order valence-corrected chi connectivity index (χ3v) is 0.816. The van der Waals surface area contributed by atoms with Gasteiger partial charge in [-0.15, -0.1) is 13.2 Å². The predicted molar refractivity (Wildman–Crippen MR) is 49.6 cm³/mol. The van der Waals surface area contributed by atoms with Crippen molar-refractivity contribution in [3.63, 3.8) is 0 Å². The molecule has 0 aromatic heterocycles. The van der Waals surface area contributed by atoms with Crippen LogP contribution in [0.5, 0.6) is 0 Å². The van der Waals surface area contributed by atoms with E-state index in [0.29, 0.717) is 0 Å². The van der Waals surface area contributed by atoms with Gasteiger partial charge < -0.3 is 13.8 Å². The molecule has 0 unspecified atom stereocenters. The van der Waals surface area contributed by atoms with E-state index < -0.39 is 0 Å². The molecule has 1 heteroatoms. The minimum atomic E-state index is 0. The fourth-order valence-electron chi connectivity index (χ4n) is 0.289. The van der Waals surface area contributed by atoms with Crippen LogP contribution in [0.25, 0.3) is 0 Å². The Hall–Kier alpha value is 0.350. The van der Waals surface area contributed by atoms with Crippen LogP contribution >= 0.6 is 0 Å². The summed E-state index contributed by atoms with van der Waals surface area (Å²) in [6.45, 7) is 14.2. The van der Waals surface area contributed by atoms with Crippen LogP contribution in [0.1, 0.15) is 25.7 Å². The summed E-state index contributed by atoms with van der Waals surface area (Å²) in [5.41, 5.74) is 0. The van der Waals surface area contributed by atoms with Gasteiger partial charge in [0.25, 0.3) is 0 Å². The third-order valence-electron chi connectivity index (χ3n) is 0.816. The van der Waals surface area contributed by atoms with Crippen molar-refractivity contribution < 1.29 is 25.8 Å². The van der Waals surface area contributed by atoms with Gasteiger partial charge in [0.15, 0.2) is 0 Å². The van der Waals surface area contributed by atoms with Crippen molar-refractivity contribution in [2.45, 2.75) is 25.7 Å². The standard InChI is InChI=1S/2C5H9.Hf/c2*1-3-5-4-2;/h2*3H,1-2,4-5H2;/q2*-1;. The number of hydrogen-bond donors (Lipinski definition) is 0. The second kappa shape index (κ2) is 22.4. The summed E-state index contributed by atoms with van der Waals surface area (Å²) in [5, 5.41) is 0. The molecule has 0 aliphatic heterocycles. The molecule has 0 aliphatic rings. The molecule has 0 aliphatic carbocycles. The van der Waals surface area contributed by atoms with E-state index in [4.69, 9.17) is 0 Å². The smallest absolute Gasteiger partial charge is 0 e. The van der Waals surface area contributed by atoms with E-state index in [0.717, 1.165) is 25.7 Å². The fraction of sp³-hybridized carbons (Fsp3) is 0.400. The molecule has 0 spiro atoms. The van der Waals surface area contributed by atoms with Crippen LogP contribution in [0.3, 0.4) is 0 Å². The molecule has 0 nitrogen and oxygen atoms in total. The van der Waals surface area contributed by atoms with Crippen LogP contribution in [0, 0.1) is 13.8 Å². The molecule has 0 radical (unpaired) electrons. The van der Waals surface area contributed by atoms with E-state index in [1.165, 1.54) is 0 Å². The first-order chi connectivity index (χ1) is 4.83. The molecule has 0 N–H and O–H groups in total. The molecule has 0 saturated carbocycles. The van der Waals surface area contributed by atoms with Gasteiger partial charge in [0.05, 0.1) is 0 Å². The average molecular weight is 317 g/mol. The Morgan fingerprint density at radius 3 is 1.18 bits per heavy atom. The van der Waals surface area contributed by atoms with Crippen molar-refractivity contribution in [1.29, 1.82) is 0 Å². The van der Waals surface area contributed by atoms with Crippen LogP contribution in [0.15, 0.2) is 25.3 Å². The van der Waals surface area contributed by atoms with Crippen molar-refractivity contribution in [1.82, 2.24) is 0 Å². The molecule has 0 atom stereocenters. The summed E-state index contributed by atoms with van der Waals surface area (Å²) in [4.78, 5) is 0. The monoisotopic (exact) mass is 318 g/mol.